The minimum absolute atomic E-state index is 0.142. The maximum Gasteiger partial charge on any atom is 0.334 e. The highest BCUT2D eigenvalue weighted by Crippen LogP contribution is 2.28. The lowest BCUT2D eigenvalue weighted by Gasteiger charge is -2.20. The van der Waals surface area contributed by atoms with Crippen LogP contribution in [0.1, 0.15) is 31.4 Å². The molecular formula is C18H16FN3O4. The van der Waals surface area contributed by atoms with Crippen LogP contribution >= 0.6 is 0 Å². The molecule has 0 atom stereocenters. The van der Waals surface area contributed by atoms with E-state index in [1.165, 1.54) is 30.5 Å². The van der Waals surface area contributed by atoms with Crippen LogP contribution in [0.3, 0.4) is 0 Å². The smallest absolute Gasteiger partial charge is 0.334 e. The lowest BCUT2D eigenvalue weighted by atomic mass is 10.2. The molecule has 2 aliphatic rings. The van der Waals surface area contributed by atoms with Crippen LogP contribution in [0.5, 0.6) is 0 Å². The van der Waals surface area contributed by atoms with Gasteiger partial charge in [0, 0.05) is 11.6 Å². The Morgan fingerprint density at radius 2 is 1.77 bits per heavy atom. The topological polar surface area (TPSA) is 83.7 Å². The van der Waals surface area contributed by atoms with Crippen LogP contribution in [0.25, 0.3) is 11.5 Å². The molecule has 0 bridgehead atoms. The van der Waals surface area contributed by atoms with Crippen molar-refractivity contribution in [2.24, 2.45) is 0 Å². The number of amides is 4. The minimum Gasteiger partial charge on any atom is -0.444 e. The van der Waals surface area contributed by atoms with Crippen molar-refractivity contribution in [3.05, 3.63) is 42.0 Å². The van der Waals surface area contributed by atoms with Crippen molar-refractivity contribution in [1.29, 1.82) is 0 Å². The zero-order valence-electron chi connectivity index (χ0n) is 13.9. The molecule has 1 aromatic heterocycles. The summed E-state index contributed by atoms with van der Waals surface area (Å²) < 4.78 is 18.3. The van der Waals surface area contributed by atoms with E-state index in [0.29, 0.717) is 11.3 Å². The molecule has 2 fully saturated rings. The molecule has 4 rings (SSSR count). The number of imide groups is 2. The van der Waals surface area contributed by atoms with Gasteiger partial charge in [-0.3, -0.25) is 14.5 Å². The van der Waals surface area contributed by atoms with Crippen LogP contribution in [0.15, 0.2) is 34.9 Å². The molecule has 2 aromatic rings. The number of halogens is 1. The van der Waals surface area contributed by atoms with E-state index < -0.39 is 17.8 Å². The van der Waals surface area contributed by atoms with E-state index in [0.717, 1.165) is 35.5 Å². The third-order valence-electron chi connectivity index (χ3n) is 4.74. The van der Waals surface area contributed by atoms with Crippen molar-refractivity contribution in [3.8, 4) is 11.5 Å². The molecule has 1 saturated carbocycles. The number of benzene rings is 1. The van der Waals surface area contributed by atoms with Gasteiger partial charge in [-0.2, -0.15) is 0 Å². The Labute approximate surface area is 148 Å². The molecule has 0 spiro atoms. The third kappa shape index (κ3) is 2.77. The fourth-order valence-electron chi connectivity index (χ4n) is 3.41. The number of oxazole rings is 1. The average Bonchev–Trinajstić information content (AvgIpc) is 3.35. The fourth-order valence-corrected chi connectivity index (χ4v) is 3.41. The Balaban J connectivity index is 1.52. The van der Waals surface area contributed by atoms with E-state index >= 15 is 0 Å². The molecule has 0 radical (unpaired) electrons. The minimum atomic E-state index is -0.840. The van der Waals surface area contributed by atoms with Crippen LogP contribution in [-0.2, 0) is 16.1 Å². The number of carbonyl (C=O) groups is 3. The Morgan fingerprint density at radius 3 is 2.46 bits per heavy atom. The van der Waals surface area contributed by atoms with Gasteiger partial charge < -0.3 is 4.42 Å². The highest BCUT2D eigenvalue weighted by atomic mass is 19.1. The van der Waals surface area contributed by atoms with Gasteiger partial charge in [0.1, 0.15) is 12.1 Å². The molecule has 0 unspecified atom stereocenters. The fraction of sp³-hybridized carbons (Fsp3) is 0.333. The zero-order chi connectivity index (χ0) is 18.3. The molecule has 2 heterocycles. The van der Waals surface area contributed by atoms with Gasteiger partial charge in [0.15, 0.2) is 0 Å². The Kier molecular flexibility index (Phi) is 4.02. The van der Waals surface area contributed by atoms with Gasteiger partial charge in [-0.05, 0) is 37.1 Å². The van der Waals surface area contributed by atoms with Crippen LogP contribution in [0, 0.1) is 5.82 Å². The number of nitrogens with zero attached hydrogens (tertiary/aromatic N) is 3. The molecule has 1 aromatic carbocycles. The number of aromatic nitrogens is 1. The van der Waals surface area contributed by atoms with E-state index in [1.54, 1.807) is 0 Å². The first-order valence-electron chi connectivity index (χ1n) is 8.44. The zero-order valence-corrected chi connectivity index (χ0v) is 13.9. The van der Waals surface area contributed by atoms with Gasteiger partial charge in [-0.15, -0.1) is 0 Å². The highest BCUT2D eigenvalue weighted by molar-refractivity contribution is 6.44. The summed E-state index contributed by atoms with van der Waals surface area (Å²) in [5.74, 6) is -1.74. The molecule has 1 aliphatic heterocycles. The summed E-state index contributed by atoms with van der Waals surface area (Å²) in [6.07, 6.45) is 4.68. The van der Waals surface area contributed by atoms with Gasteiger partial charge in [0.25, 0.3) is 0 Å². The first kappa shape index (κ1) is 16.4. The van der Waals surface area contributed by atoms with Crippen molar-refractivity contribution >= 4 is 17.8 Å². The Hall–Kier alpha value is -3.03. The van der Waals surface area contributed by atoms with Gasteiger partial charge in [0.2, 0.25) is 5.89 Å². The lowest BCUT2D eigenvalue weighted by Crippen LogP contribution is -2.39. The second kappa shape index (κ2) is 6.36. The molecule has 1 saturated heterocycles. The largest absolute Gasteiger partial charge is 0.444 e. The second-order valence-corrected chi connectivity index (χ2v) is 6.44. The van der Waals surface area contributed by atoms with Crippen molar-refractivity contribution in [2.75, 3.05) is 0 Å². The van der Waals surface area contributed by atoms with Crippen molar-refractivity contribution in [3.63, 3.8) is 0 Å². The van der Waals surface area contributed by atoms with Crippen LogP contribution in [0.2, 0.25) is 0 Å². The summed E-state index contributed by atoms with van der Waals surface area (Å²) in [6, 6.07) is 4.80. The van der Waals surface area contributed by atoms with E-state index in [9.17, 15) is 18.8 Å². The molecule has 8 heteroatoms. The van der Waals surface area contributed by atoms with Gasteiger partial charge in [-0.1, -0.05) is 12.8 Å². The molecule has 1 aliphatic carbocycles. The van der Waals surface area contributed by atoms with Crippen molar-refractivity contribution < 1.29 is 23.2 Å². The van der Waals surface area contributed by atoms with Crippen molar-refractivity contribution in [1.82, 2.24) is 14.8 Å². The van der Waals surface area contributed by atoms with Gasteiger partial charge in [-0.25, -0.2) is 19.1 Å². The maximum atomic E-state index is 13.0. The maximum absolute atomic E-state index is 13.0. The predicted molar refractivity (Wildman–Crippen MR) is 86.9 cm³/mol. The summed E-state index contributed by atoms with van der Waals surface area (Å²) in [5.41, 5.74) is 0.910. The van der Waals surface area contributed by atoms with Crippen molar-refractivity contribution in [2.45, 2.75) is 38.3 Å². The van der Waals surface area contributed by atoms with Crippen LogP contribution < -0.4 is 0 Å². The number of rotatable bonds is 4. The second-order valence-electron chi connectivity index (χ2n) is 6.44. The predicted octanol–water partition coefficient (Wildman–Crippen LogP) is 2.71. The molecule has 26 heavy (non-hydrogen) atoms. The van der Waals surface area contributed by atoms with E-state index in [2.05, 4.69) is 4.98 Å². The summed E-state index contributed by atoms with van der Waals surface area (Å²) in [6.45, 7) is -0.142. The summed E-state index contributed by atoms with van der Waals surface area (Å²) in [7, 11) is 0. The number of hydrogen-bond acceptors (Lipinski definition) is 5. The van der Waals surface area contributed by atoms with Gasteiger partial charge >= 0.3 is 17.8 Å². The van der Waals surface area contributed by atoms with E-state index in [4.69, 9.17) is 4.42 Å². The molecule has 0 N–H and O–H groups in total. The van der Waals surface area contributed by atoms with Gasteiger partial charge in [0.05, 0.1) is 12.2 Å². The number of carbonyl (C=O) groups excluding carboxylic acids is 3. The quantitative estimate of drug-likeness (QED) is 0.620. The normalized spacial score (nSPS) is 18.4. The average molecular weight is 357 g/mol. The number of urea groups is 1. The monoisotopic (exact) mass is 357 g/mol. The summed E-state index contributed by atoms with van der Waals surface area (Å²) in [4.78, 5) is 43.2. The summed E-state index contributed by atoms with van der Waals surface area (Å²) >= 11 is 0. The Morgan fingerprint density at radius 1 is 1.08 bits per heavy atom. The number of hydrogen-bond donors (Lipinski definition) is 0. The standard InChI is InChI=1S/C18H16FN3O4/c19-12-7-5-11(6-8-12)15-20-13(10-26-15)9-21-16(23)17(24)22(18(21)25)14-3-1-2-4-14/h5-8,10,14H,1-4,9H2. The van der Waals surface area contributed by atoms with Crippen LogP contribution in [0.4, 0.5) is 9.18 Å². The first-order chi connectivity index (χ1) is 12.5. The molecule has 7 nitrogen and oxygen atoms in total. The lowest BCUT2D eigenvalue weighted by molar-refractivity contribution is -0.144. The van der Waals surface area contributed by atoms with E-state index in [-0.39, 0.29) is 24.3 Å². The SMILES string of the molecule is O=C1C(=O)N(C2CCCC2)C(=O)N1Cc1coc(-c2ccc(F)cc2)n1. The van der Waals surface area contributed by atoms with E-state index in [1.807, 2.05) is 0 Å². The molecular weight excluding hydrogens is 341 g/mol. The van der Waals surface area contributed by atoms with Crippen LogP contribution in [-0.4, -0.2) is 38.7 Å². The Bertz CT molecular complexity index is 871. The summed E-state index contributed by atoms with van der Waals surface area (Å²) in [5, 5.41) is 0. The highest BCUT2D eigenvalue weighted by Gasteiger charge is 2.48. The first-order valence-corrected chi connectivity index (χ1v) is 8.44. The molecule has 4 amide bonds. The molecule has 134 valence electrons. The third-order valence-corrected chi connectivity index (χ3v) is 4.74.